The lowest BCUT2D eigenvalue weighted by Crippen LogP contribution is -2.42. The quantitative estimate of drug-likeness (QED) is 0.615. The number of sulfonamides is 1. The van der Waals surface area contributed by atoms with Crippen LogP contribution in [0.1, 0.15) is 19.8 Å². The van der Waals surface area contributed by atoms with Crippen LogP contribution in [0.15, 0.2) is 0 Å². The van der Waals surface area contributed by atoms with Crippen molar-refractivity contribution in [1.29, 1.82) is 0 Å². The summed E-state index contributed by atoms with van der Waals surface area (Å²) in [4.78, 5) is 1.97. The maximum Gasteiger partial charge on any atom is 0.213 e. The Balaban J connectivity index is 2.20. The van der Waals surface area contributed by atoms with E-state index in [0.29, 0.717) is 12.6 Å². The van der Waals surface area contributed by atoms with Gasteiger partial charge in [0.25, 0.3) is 0 Å². The summed E-state index contributed by atoms with van der Waals surface area (Å²) in [6, 6.07) is 0.523. The largest absolute Gasteiger partial charge is 0.313 e. The maximum atomic E-state index is 11.7. The molecule has 1 rings (SSSR count). The summed E-state index contributed by atoms with van der Waals surface area (Å²) in [5.74, 6) is 0.168. The fraction of sp³-hybridized carbons (Fsp3) is 1.00. The molecule has 1 saturated carbocycles. The first-order valence-corrected chi connectivity index (χ1v) is 7.42. The van der Waals surface area contributed by atoms with E-state index in [2.05, 4.69) is 10.0 Å². The van der Waals surface area contributed by atoms with E-state index in [-0.39, 0.29) is 11.8 Å². The molecule has 0 aromatic carbocycles. The van der Waals surface area contributed by atoms with Crippen LogP contribution >= 0.6 is 0 Å². The van der Waals surface area contributed by atoms with Crippen LogP contribution in [0, 0.1) is 0 Å². The summed E-state index contributed by atoms with van der Waals surface area (Å²) in [6.45, 7) is 3.15. The van der Waals surface area contributed by atoms with Gasteiger partial charge in [0.05, 0.1) is 5.75 Å². The summed E-state index contributed by atoms with van der Waals surface area (Å²) in [5.41, 5.74) is 0. The standard InChI is InChI=1S/C10H23N3O2S/c1-9(8-13(2)3)12-16(14,15)7-6-11-10-4-5-10/h9-12H,4-8H2,1-3H3. The number of hydrogen-bond donors (Lipinski definition) is 2. The third-order valence-corrected chi connectivity index (χ3v) is 3.90. The molecule has 0 spiro atoms. The van der Waals surface area contributed by atoms with Gasteiger partial charge in [0.2, 0.25) is 10.0 Å². The van der Waals surface area contributed by atoms with Gasteiger partial charge in [-0.25, -0.2) is 13.1 Å². The molecule has 1 aliphatic carbocycles. The lowest BCUT2D eigenvalue weighted by Gasteiger charge is -2.18. The fourth-order valence-corrected chi connectivity index (χ4v) is 2.83. The van der Waals surface area contributed by atoms with Gasteiger partial charge in [-0.2, -0.15) is 0 Å². The molecule has 1 aliphatic rings. The molecule has 0 radical (unpaired) electrons. The monoisotopic (exact) mass is 249 g/mol. The predicted octanol–water partition coefficient (Wildman–Crippen LogP) is -0.392. The van der Waals surface area contributed by atoms with Crippen molar-refractivity contribution in [3.63, 3.8) is 0 Å². The maximum absolute atomic E-state index is 11.7. The number of nitrogens with zero attached hydrogens (tertiary/aromatic N) is 1. The van der Waals surface area contributed by atoms with Crippen molar-refractivity contribution >= 4 is 10.0 Å². The smallest absolute Gasteiger partial charge is 0.213 e. The number of rotatable bonds is 8. The second kappa shape index (κ2) is 5.95. The lowest BCUT2D eigenvalue weighted by molar-refractivity contribution is 0.370. The molecule has 0 saturated heterocycles. The highest BCUT2D eigenvalue weighted by Gasteiger charge is 2.21. The van der Waals surface area contributed by atoms with Crippen LogP contribution in [0.2, 0.25) is 0 Å². The molecule has 5 nitrogen and oxygen atoms in total. The van der Waals surface area contributed by atoms with Crippen molar-refractivity contribution in [3.05, 3.63) is 0 Å². The summed E-state index contributed by atoms with van der Waals surface area (Å²) < 4.78 is 26.0. The Hall–Kier alpha value is -0.170. The molecule has 0 heterocycles. The second-order valence-corrected chi connectivity index (χ2v) is 6.70. The van der Waals surface area contributed by atoms with E-state index in [1.807, 2.05) is 25.9 Å². The molecule has 16 heavy (non-hydrogen) atoms. The fourth-order valence-electron chi connectivity index (χ4n) is 1.64. The van der Waals surface area contributed by atoms with E-state index in [9.17, 15) is 8.42 Å². The molecule has 1 atom stereocenters. The first-order valence-electron chi connectivity index (χ1n) is 5.77. The average Bonchev–Trinajstić information content (AvgIpc) is 2.83. The zero-order valence-corrected chi connectivity index (χ0v) is 11.2. The molecule has 6 heteroatoms. The van der Waals surface area contributed by atoms with Gasteiger partial charge < -0.3 is 10.2 Å². The van der Waals surface area contributed by atoms with Crippen LogP contribution in [0.25, 0.3) is 0 Å². The minimum atomic E-state index is -3.13. The zero-order valence-electron chi connectivity index (χ0n) is 10.4. The molecular formula is C10H23N3O2S. The summed E-state index contributed by atoms with van der Waals surface area (Å²) in [7, 11) is 0.727. The summed E-state index contributed by atoms with van der Waals surface area (Å²) in [6.07, 6.45) is 2.37. The van der Waals surface area contributed by atoms with Gasteiger partial charge in [-0.1, -0.05) is 0 Å². The predicted molar refractivity (Wildman–Crippen MR) is 66.0 cm³/mol. The summed E-state index contributed by atoms with van der Waals surface area (Å²) in [5, 5.41) is 3.20. The van der Waals surface area contributed by atoms with Gasteiger partial charge in [-0.3, -0.25) is 0 Å². The van der Waals surface area contributed by atoms with Crippen LogP contribution in [0.5, 0.6) is 0 Å². The van der Waals surface area contributed by atoms with E-state index in [1.54, 1.807) is 0 Å². The molecule has 0 aromatic rings. The van der Waals surface area contributed by atoms with Gasteiger partial charge in [0.15, 0.2) is 0 Å². The van der Waals surface area contributed by atoms with E-state index < -0.39 is 10.0 Å². The van der Waals surface area contributed by atoms with Crippen LogP contribution in [-0.4, -0.2) is 58.3 Å². The Morgan fingerprint density at radius 2 is 2.00 bits per heavy atom. The molecular weight excluding hydrogens is 226 g/mol. The number of nitrogens with one attached hydrogen (secondary N) is 2. The normalized spacial score (nSPS) is 19.0. The zero-order chi connectivity index (χ0) is 12.2. The third-order valence-electron chi connectivity index (χ3n) is 2.40. The first-order chi connectivity index (χ1) is 7.39. The molecule has 0 aliphatic heterocycles. The van der Waals surface area contributed by atoms with Gasteiger partial charge in [0.1, 0.15) is 0 Å². The first kappa shape index (κ1) is 13.9. The third kappa shape index (κ3) is 6.42. The Morgan fingerprint density at radius 1 is 1.38 bits per heavy atom. The van der Waals surface area contributed by atoms with Crippen LogP contribution < -0.4 is 10.0 Å². The Labute approximate surface area is 98.6 Å². The lowest BCUT2D eigenvalue weighted by atomic mass is 10.3. The van der Waals surface area contributed by atoms with Crippen molar-refractivity contribution in [2.75, 3.05) is 32.9 Å². The van der Waals surface area contributed by atoms with Gasteiger partial charge in [-0.05, 0) is 33.9 Å². The Bertz CT molecular complexity index is 299. The van der Waals surface area contributed by atoms with E-state index >= 15 is 0 Å². The van der Waals surface area contributed by atoms with E-state index in [4.69, 9.17) is 0 Å². The summed E-state index contributed by atoms with van der Waals surface area (Å²) >= 11 is 0. The highest BCUT2D eigenvalue weighted by molar-refractivity contribution is 7.89. The minimum absolute atomic E-state index is 0.0408. The van der Waals surface area contributed by atoms with Gasteiger partial charge in [-0.15, -0.1) is 0 Å². The van der Waals surface area contributed by atoms with Crippen LogP contribution in [0.3, 0.4) is 0 Å². The van der Waals surface area contributed by atoms with Crippen molar-refractivity contribution in [2.45, 2.75) is 31.8 Å². The molecule has 96 valence electrons. The van der Waals surface area contributed by atoms with Crippen molar-refractivity contribution in [2.24, 2.45) is 0 Å². The molecule has 0 bridgehead atoms. The van der Waals surface area contributed by atoms with Crippen molar-refractivity contribution < 1.29 is 8.42 Å². The van der Waals surface area contributed by atoms with Crippen LogP contribution in [-0.2, 0) is 10.0 Å². The SMILES string of the molecule is CC(CN(C)C)NS(=O)(=O)CCNC1CC1. The molecule has 0 aromatic heterocycles. The number of likely N-dealkylation sites (N-methyl/N-ethyl adjacent to an activating group) is 1. The van der Waals surface area contributed by atoms with E-state index in [0.717, 1.165) is 6.54 Å². The van der Waals surface area contributed by atoms with Gasteiger partial charge >= 0.3 is 0 Å². The van der Waals surface area contributed by atoms with E-state index in [1.165, 1.54) is 12.8 Å². The number of hydrogen-bond acceptors (Lipinski definition) is 4. The van der Waals surface area contributed by atoms with Crippen LogP contribution in [0.4, 0.5) is 0 Å². The Kier molecular flexibility index (Phi) is 5.17. The molecule has 2 N–H and O–H groups in total. The second-order valence-electron chi connectivity index (χ2n) is 4.83. The molecule has 0 amide bonds. The van der Waals surface area contributed by atoms with Crippen molar-refractivity contribution in [1.82, 2.24) is 14.9 Å². The van der Waals surface area contributed by atoms with Crippen molar-refractivity contribution in [3.8, 4) is 0 Å². The highest BCUT2D eigenvalue weighted by Crippen LogP contribution is 2.17. The molecule has 1 unspecified atom stereocenters. The molecule has 1 fully saturated rings. The average molecular weight is 249 g/mol. The van der Waals surface area contributed by atoms with Gasteiger partial charge in [0, 0.05) is 25.2 Å². The topological polar surface area (TPSA) is 61.4 Å². The highest BCUT2D eigenvalue weighted by atomic mass is 32.2. The Morgan fingerprint density at radius 3 is 2.50 bits per heavy atom. The minimum Gasteiger partial charge on any atom is -0.313 e.